The molecule has 0 aromatic carbocycles. The summed E-state index contributed by atoms with van der Waals surface area (Å²) in [6.45, 7) is 5.05. The van der Waals surface area contributed by atoms with E-state index in [2.05, 4.69) is 19.9 Å². The molecule has 0 bridgehead atoms. The number of fused-ring (bicyclic) bond motifs is 5. The average Bonchev–Trinajstić information content (AvgIpc) is 2.89. The molecule has 4 rings (SSSR count). The van der Waals surface area contributed by atoms with Gasteiger partial charge in [0.15, 0.2) is 0 Å². The molecule has 3 saturated carbocycles. The van der Waals surface area contributed by atoms with Gasteiger partial charge in [-0.25, -0.2) is 4.79 Å². The first-order chi connectivity index (χ1) is 10.9. The summed E-state index contributed by atoms with van der Waals surface area (Å²) >= 11 is 0. The van der Waals surface area contributed by atoms with Crippen molar-refractivity contribution in [3.8, 4) is 0 Å². The van der Waals surface area contributed by atoms with Crippen LogP contribution in [0, 0.1) is 28.6 Å². The highest BCUT2D eigenvalue weighted by molar-refractivity contribution is 5.81. The predicted octanol–water partition coefficient (Wildman–Crippen LogP) is 5.35. The first-order valence-electron chi connectivity index (χ1n) is 9.57. The summed E-state index contributed by atoms with van der Waals surface area (Å²) in [4.78, 5) is 11.0. The number of carboxylic acid groups (broad SMARTS) is 1. The van der Waals surface area contributed by atoms with Crippen molar-refractivity contribution in [2.45, 2.75) is 71.6 Å². The minimum Gasteiger partial charge on any atom is -0.478 e. The van der Waals surface area contributed by atoms with Gasteiger partial charge in [0.05, 0.1) is 0 Å². The smallest absolute Gasteiger partial charge is 0.328 e. The number of allylic oxidation sites excluding steroid dienone is 3. The Morgan fingerprint density at radius 1 is 1.13 bits per heavy atom. The van der Waals surface area contributed by atoms with Crippen LogP contribution >= 0.6 is 0 Å². The Kier molecular flexibility index (Phi) is 3.52. The molecule has 0 radical (unpaired) electrons. The predicted molar refractivity (Wildman–Crippen MR) is 92.0 cm³/mol. The zero-order valence-corrected chi connectivity index (χ0v) is 14.6. The van der Waals surface area contributed by atoms with Gasteiger partial charge >= 0.3 is 5.97 Å². The standard InChI is InChI=1S/C21H30O2/c1-20-9-3-4-17(20)16-6-5-15-12-14(13-19(22)23)7-11-21(15,2)18(16)8-10-20/h12-13,16-18H,3-11H2,1-2H3,(H,22,23)/t16-,17-,18-,20-,21-/m0/s1. The van der Waals surface area contributed by atoms with Gasteiger partial charge in [0.25, 0.3) is 0 Å². The lowest BCUT2D eigenvalue weighted by atomic mass is 9.47. The molecule has 4 aliphatic rings. The minimum absolute atomic E-state index is 0.336. The van der Waals surface area contributed by atoms with Crippen LogP contribution in [0.1, 0.15) is 71.6 Å². The van der Waals surface area contributed by atoms with Gasteiger partial charge in [-0.05, 0) is 85.5 Å². The molecule has 23 heavy (non-hydrogen) atoms. The lowest BCUT2D eigenvalue weighted by molar-refractivity contribution is -0.131. The quantitative estimate of drug-likeness (QED) is 0.662. The van der Waals surface area contributed by atoms with Crippen molar-refractivity contribution in [1.29, 1.82) is 0 Å². The molecule has 0 unspecified atom stereocenters. The van der Waals surface area contributed by atoms with Crippen molar-refractivity contribution in [3.05, 3.63) is 23.3 Å². The van der Waals surface area contributed by atoms with E-state index in [0.29, 0.717) is 10.8 Å². The fourth-order valence-corrected chi connectivity index (χ4v) is 6.88. The van der Waals surface area contributed by atoms with Crippen molar-refractivity contribution < 1.29 is 9.90 Å². The van der Waals surface area contributed by atoms with Crippen LogP contribution in [0.15, 0.2) is 23.3 Å². The van der Waals surface area contributed by atoms with Crippen LogP contribution in [0.25, 0.3) is 0 Å². The van der Waals surface area contributed by atoms with Crippen molar-refractivity contribution >= 4 is 5.97 Å². The van der Waals surface area contributed by atoms with Crippen LogP contribution in [0.3, 0.4) is 0 Å². The number of rotatable bonds is 1. The first-order valence-corrected chi connectivity index (χ1v) is 9.57. The van der Waals surface area contributed by atoms with Crippen LogP contribution in [0.4, 0.5) is 0 Å². The molecule has 4 aliphatic carbocycles. The molecule has 3 fully saturated rings. The van der Waals surface area contributed by atoms with E-state index in [1.165, 1.54) is 51.0 Å². The first kappa shape index (κ1) is 15.5. The largest absolute Gasteiger partial charge is 0.478 e. The SMILES string of the molecule is C[C@@]12CCC[C@H]1[C@@H]1CCC3=CC(=CC(=O)O)CC[C@]3(C)[C@H]1CC2. The van der Waals surface area contributed by atoms with Gasteiger partial charge < -0.3 is 5.11 Å². The molecule has 2 nitrogen and oxygen atoms in total. The third-order valence-corrected chi connectivity index (χ3v) is 8.12. The maximum absolute atomic E-state index is 11.0. The van der Waals surface area contributed by atoms with E-state index in [0.717, 1.165) is 36.2 Å². The van der Waals surface area contributed by atoms with E-state index in [-0.39, 0.29) is 0 Å². The van der Waals surface area contributed by atoms with E-state index in [4.69, 9.17) is 5.11 Å². The summed E-state index contributed by atoms with van der Waals surface area (Å²) in [5.41, 5.74) is 3.55. The second-order valence-corrected chi connectivity index (χ2v) is 9.14. The Labute approximate surface area is 140 Å². The molecule has 0 spiro atoms. The normalized spacial score (nSPS) is 47.5. The van der Waals surface area contributed by atoms with Crippen LogP contribution in [0.2, 0.25) is 0 Å². The van der Waals surface area contributed by atoms with Crippen molar-refractivity contribution in [1.82, 2.24) is 0 Å². The number of carboxylic acids is 1. The van der Waals surface area contributed by atoms with E-state index in [1.54, 1.807) is 5.57 Å². The van der Waals surface area contributed by atoms with E-state index >= 15 is 0 Å². The van der Waals surface area contributed by atoms with Crippen LogP contribution in [-0.2, 0) is 4.79 Å². The zero-order chi connectivity index (χ0) is 16.2. The second kappa shape index (κ2) is 5.22. The van der Waals surface area contributed by atoms with Crippen LogP contribution in [-0.4, -0.2) is 11.1 Å². The number of hydrogen-bond acceptors (Lipinski definition) is 1. The van der Waals surface area contributed by atoms with E-state index in [9.17, 15) is 4.79 Å². The average molecular weight is 314 g/mol. The Bertz CT molecular complexity index is 587. The highest BCUT2D eigenvalue weighted by Crippen LogP contribution is 2.65. The molecule has 0 aromatic rings. The summed E-state index contributed by atoms with van der Waals surface area (Å²) in [5.74, 6) is 1.91. The fourth-order valence-electron chi connectivity index (χ4n) is 6.88. The molecule has 0 aromatic heterocycles. The molecular formula is C21H30O2. The van der Waals surface area contributed by atoms with Gasteiger partial charge in [0.2, 0.25) is 0 Å². The fraction of sp³-hybridized carbons (Fsp3) is 0.762. The summed E-state index contributed by atoms with van der Waals surface area (Å²) < 4.78 is 0. The highest BCUT2D eigenvalue weighted by atomic mass is 16.4. The summed E-state index contributed by atoms with van der Waals surface area (Å²) in [7, 11) is 0. The number of aliphatic carboxylic acids is 1. The summed E-state index contributed by atoms with van der Waals surface area (Å²) in [6, 6.07) is 0. The van der Waals surface area contributed by atoms with Gasteiger partial charge in [-0.3, -0.25) is 0 Å². The van der Waals surface area contributed by atoms with Gasteiger partial charge in [-0.1, -0.05) is 31.9 Å². The summed E-state index contributed by atoms with van der Waals surface area (Å²) in [5, 5.41) is 9.04. The van der Waals surface area contributed by atoms with Crippen molar-refractivity contribution in [2.24, 2.45) is 28.6 Å². The van der Waals surface area contributed by atoms with Crippen LogP contribution in [0.5, 0.6) is 0 Å². The monoisotopic (exact) mass is 314 g/mol. The number of hydrogen-bond donors (Lipinski definition) is 1. The van der Waals surface area contributed by atoms with Crippen LogP contribution < -0.4 is 0 Å². The maximum Gasteiger partial charge on any atom is 0.328 e. The molecule has 1 N–H and O–H groups in total. The lowest BCUT2D eigenvalue weighted by Gasteiger charge is -2.57. The van der Waals surface area contributed by atoms with E-state index in [1.807, 2.05) is 0 Å². The highest BCUT2D eigenvalue weighted by Gasteiger charge is 2.55. The maximum atomic E-state index is 11.0. The molecule has 0 amide bonds. The Balaban J connectivity index is 1.65. The summed E-state index contributed by atoms with van der Waals surface area (Å²) in [6.07, 6.45) is 15.5. The molecule has 126 valence electrons. The molecule has 5 atom stereocenters. The minimum atomic E-state index is -0.798. The molecular weight excluding hydrogens is 284 g/mol. The van der Waals surface area contributed by atoms with Crippen molar-refractivity contribution in [2.75, 3.05) is 0 Å². The van der Waals surface area contributed by atoms with Gasteiger partial charge in [-0.15, -0.1) is 0 Å². The lowest BCUT2D eigenvalue weighted by Crippen LogP contribution is -2.48. The Hall–Kier alpha value is -1.05. The molecule has 0 saturated heterocycles. The topological polar surface area (TPSA) is 37.3 Å². The number of carbonyl (C=O) groups is 1. The Morgan fingerprint density at radius 2 is 1.96 bits per heavy atom. The zero-order valence-electron chi connectivity index (χ0n) is 14.6. The van der Waals surface area contributed by atoms with Crippen molar-refractivity contribution in [3.63, 3.8) is 0 Å². The Morgan fingerprint density at radius 3 is 2.74 bits per heavy atom. The van der Waals surface area contributed by atoms with Gasteiger partial charge in [0, 0.05) is 6.08 Å². The molecule has 0 aliphatic heterocycles. The van der Waals surface area contributed by atoms with Gasteiger partial charge in [0.1, 0.15) is 0 Å². The third-order valence-electron chi connectivity index (χ3n) is 8.12. The molecule has 2 heteroatoms. The molecule has 0 heterocycles. The second-order valence-electron chi connectivity index (χ2n) is 9.14. The van der Waals surface area contributed by atoms with Gasteiger partial charge in [-0.2, -0.15) is 0 Å². The third kappa shape index (κ3) is 2.32. The van der Waals surface area contributed by atoms with E-state index < -0.39 is 5.97 Å².